The molecule has 0 saturated carbocycles. The van der Waals surface area contributed by atoms with Gasteiger partial charge in [0.15, 0.2) is 5.78 Å². The molecule has 10 nitrogen and oxygen atoms in total. The molecule has 2 aromatic carbocycles. The molecule has 0 radical (unpaired) electrons. The number of carboxylic acid groups (broad SMARTS) is 2. The topological polar surface area (TPSA) is 167 Å². The molecule has 0 spiro atoms. The molecule has 2 aliphatic rings. The Kier molecular flexibility index (Phi) is 9.14. The fourth-order valence-electron chi connectivity index (χ4n) is 3.79. The Balaban J connectivity index is 0.000000532. The number of ketones is 1. The number of Topliss-reactive ketones (excluding diaryl/α,β-unsaturated/α-hetero) is 1. The van der Waals surface area contributed by atoms with Crippen molar-refractivity contribution >= 4 is 41.3 Å². The van der Waals surface area contributed by atoms with E-state index in [4.69, 9.17) is 15.6 Å². The Morgan fingerprint density at radius 2 is 1.56 bits per heavy atom. The number of β-lactam (4-membered cyclic amide) rings is 1. The zero-order valence-corrected chi connectivity index (χ0v) is 20.7. The van der Waals surface area contributed by atoms with Crippen molar-refractivity contribution in [2.45, 2.75) is 30.1 Å². The number of alkyl halides is 3. The van der Waals surface area contributed by atoms with Gasteiger partial charge in [0.05, 0.1) is 0 Å². The maximum Gasteiger partial charge on any atom is 0.490 e. The Bertz CT molecular complexity index is 1300. The SMILES string of the molecule is NC(C(=O)NC1C(=O)N2C(C(=O)O)=C(CC(=O)c3ccccc3)CSC12)c1ccccc1.O=C(O)C(F)(F)F. The van der Waals surface area contributed by atoms with E-state index in [1.165, 1.54) is 11.8 Å². The molecule has 0 bridgehead atoms. The highest BCUT2D eigenvalue weighted by molar-refractivity contribution is 8.00. The van der Waals surface area contributed by atoms with Crippen LogP contribution in [-0.2, 0) is 19.2 Å². The third-order valence-electron chi connectivity index (χ3n) is 5.70. The number of amides is 2. The standard InChI is InChI=1S/C23H21N3O5S.C2HF3O2/c24-17(14-9-5-2-6-10-14)20(28)25-18-21(29)26-19(23(30)31)15(12-32-22(18)26)11-16(27)13-7-3-1-4-8-13;3-2(4,5)1(6)7/h1-10,17-18,22H,11-12,24H2,(H,25,28)(H,30,31);(H,6,7). The average molecular weight is 566 g/mol. The number of rotatable bonds is 7. The minimum absolute atomic E-state index is 0.0922. The van der Waals surface area contributed by atoms with Crippen molar-refractivity contribution in [2.24, 2.45) is 5.73 Å². The summed E-state index contributed by atoms with van der Waals surface area (Å²) in [5.41, 5.74) is 7.29. The summed E-state index contributed by atoms with van der Waals surface area (Å²) in [6, 6.07) is 15.5. The summed E-state index contributed by atoms with van der Waals surface area (Å²) in [6.07, 6.45) is -5.18. The number of thioether (sulfide) groups is 1. The smallest absolute Gasteiger partial charge is 0.477 e. The molecule has 2 heterocycles. The van der Waals surface area contributed by atoms with Gasteiger partial charge in [0, 0.05) is 17.7 Å². The number of aliphatic carboxylic acids is 2. The number of hydrogen-bond donors (Lipinski definition) is 4. The Hall–Kier alpha value is -4.17. The van der Waals surface area contributed by atoms with Crippen molar-refractivity contribution < 1.29 is 47.4 Å². The largest absolute Gasteiger partial charge is 0.490 e. The van der Waals surface area contributed by atoms with Crippen molar-refractivity contribution in [1.29, 1.82) is 0 Å². The van der Waals surface area contributed by atoms with E-state index in [2.05, 4.69) is 5.32 Å². The number of benzene rings is 2. The summed E-state index contributed by atoms with van der Waals surface area (Å²) in [5, 5.41) is 19.0. The van der Waals surface area contributed by atoms with Crippen molar-refractivity contribution in [3.63, 3.8) is 0 Å². The van der Waals surface area contributed by atoms with E-state index in [1.54, 1.807) is 60.7 Å². The second-order valence-corrected chi connectivity index (χ2v) is 9.42. The minimum atomic E-state index is -5.08. The maximum absolute atomic E-state index is 12.8. The second-order valence-electron chi connectivity index (χ2n) is 8.31. The van der Waals surface area contributed by atoms with Gasteiger partial charge in [0.2, 0.25) is 5.91 Å². The second kappa shape index (κ2) is 12.1. The van der Waals surface area contributed by atoms with E-state index in [1.807, 2.05) is 0 Å². The van der Waals surface area contributed by atoms with Crippen LogP contribution in [0.5, 0.6) is 0 Å². The molecule has 1 saturated heterocycles. The van der Waals surface area contributed by atoms with Gasteiger partial charge in [0.1, 0.15) is 23.2 Å². The van der Waals surface area contributed by atoms with Gasteiger partial charge in [-0.2, -0.15) is 13.2 Å². The van der Waals surface area contributed by atoms with Crippen LogP contribution in [0, 0.1) is 0 Å². The van der Waals surface area contributed by atoms with Gasteiger partial charge in [-0.1, -0.05) is 60.7 Å². The molecule has 3 unspecified atom stereocenters. The lowest BCUT2D eigenvalue weighted by atomic mass is 9.98. The molecule has 3 atom stereocenters. The van der Waals surface area contributed by atoms with Gasteiger partial charge >= 0.3 is 18.1 Å². The number of nitrogens with two attached hydrogens (primary N) is 1. The number of fused-ring (bicyclic) bond motifs is 1. The Morgan fingerprint density at radius 1 is 1.03 bits per heavy atom. The van der Waals surface area contributed by atoms with Gasteiger partial charge in [-0.05, 0) is 11.1 Å². The molecule has 1 fully saturated rings. The molecular weight excluding hydrogens is 543 g/mol. The highest BCUT2D eigenvalue weighted by Gasteiger charge is 2.54. The third kappa shape index (κ3) is 6.83. The summed E-state index contributed by atoms with van der Waals surface area (Å²) in [7, 11) is 0. The number of carboxylic acids is 2. The molecule has 4 rings (SSSR count). The summed E-state index contributed by atoms with van der Waals surface area (Å²) >= 11 is 1.32. The van der Waals surface area contributed by atoms with Crippen LogP contribution >= 0.6 is 11.8 Å². The van der Waals surface area contributed by atoms with E-state index >= 15 is 0 Å². The summed E-state index contributed by atoms with van der Waals surface area (Å²) in [5.74, 6) is -5.02. The lowest BCUT2D eigenvalue weighted by Gasteiger charge is -2.49. The third-order valence-corrected chi connectivity index (χ3v) is 7.04. The average Bonchev–Trinajstić information content (AvgIpc) is 2.91. The fourth-order valence-corrected chi connectivity index (χ4v) is 5.14. The first kappa shape index (κ1) is 29.4. The molecule has 2 aromatic rings. The normalized spacial score (nSPS) is 19.1. The predicted molar refractivity (Wildman–Crippen MR) is 132 cm³/mol. The number of carbonyl (C=O) groups excluding carboxylic acids is 3. The Morgan fingerprint density at radius 3 is 2.08 bits per heavy atom. The molecule has 206 valence electrons. The van der Waals surface area contributed by atoms with Crippen LogP contribution in [0.2, 0.25) is 0 Å². The van der Waals surface area contributed by atoms with Crippen LogP contribution in [0.1, 0.15) is 28.4 Å². The number of hydrogen-bond acceptors (Lipinski definition) is 7. The zero-order valence-electron chi connectivity index (χ0n) is 19.9. The maximum atomic E-state index is 12.8. The highest BCUT2D eigenvalue weighted by Crippen LogP contribution is 2.41. The molecule has 0 aromatic heterocycles. The number of halogens is 3. The lowest BCUT2D eigenvalue weighted by molar-refractivity contribution is -0.192. The van der Waals surface area contributed by atoms with Gasteiger partial charge in [-0.25, -0.2) is 9.59 Å². The molecule has 0 aliphatic carbocycles. The van der Waals surface area contributed by atoms with E-state index in [0.717, 1.165) is 4.90 Å². The molecule has 2 amide bonds. The van der Waals surface area contributed by atoms with E-state index in [0.29, 0.717) is 16.7 Å². The van der Waals surface area contributed by atoms with Crippen LogP contribution in [0.25, 0.3) is 0 Å². The first-order valence-electron chi connectivity index (χ1n) is 11.2. The number of nitrogens with one attached hydrogen (secondary N) is 1. The van der Waals surface area contributed by atoms with Gasteiger partial charge in [-0.3, -0.25) is 19.3 Å². The van der Waals surface area contributed by atoms with Crippen molar-refractivity contribution in [2.75, 3.05) is 5.75 Å². The van der Waals surface area contributed by atoms with Gasteiger partial charge in [-0.15, -0.1) is 11.8 Å². The fraction of sp³-hybridized carbons (Fsp3) is 0.240. The zero-order chi connectivity index (χ0) is 28.9. The monoisotopic (exact) mass is 565 g/mol. The van der Waals surface area contributed by atoms with Gasteiger partial charge < -0.3 is 21.3 Å². The van der Waals surface area contributed by atoms with Crippen LogP contribution in [0.4, 0.5) is 13.2 Å². The first-order chi connectivity index (χ1) is 18.3. The summed E-state index contributed by atoms with van der Waals surface area (Å²) < 4.78 is 31.7. The molecule has 5 N–H and O–H groups in total. The quantitative estimate of drug-likeness (QED) is 0.291. The van der Waals surface area contributed by atoms with Crippen LogP contribution in [-0.4, -0.2) is 68.0 Å². The lowest BCUT2D eigenvalue weighted by Crippen LogP contribution is -2.71. The number of nitrogens with zero attached hydrogens (tertiary/aromatic N) is 1. The van der Waals surface area contributed by atoms with E-state index < -0.39 is 47.4 Å². The van der Waals surface area contributed by atoms with Crippen molar-refractivity contribution in [3.8, 4) is 0 Å². The highest BCUT2D eigenvalue weighted by atomic mass is 32.2. The van der Waals surface area contributed by atoms with E-state index in [-0.39, 0.29) is 23.7 Å². The van der Waals surface area contributed by atoms with Crippen LogP contribution in [0.15, 0.2) is 71.9 Å². The molecule has 14 heteroatoms. The van der Waals surface area contributed by atoms with Gasteiger partial charge in [0.25, 0.3) is 5.91 Å². The van der Waals surface area contributed by atoms with Crippen molar-refractivity contribution in [3.05, 3.63) is 83.1 Å². The van der Waals surface area contributed by atoms with Crippen LogP contribution < -0.4 is 11.1 Å². The number of carbonyl (C=O) groups is 5. The molecular formula is C25H22F3N3O7S. The van der Waals surface area contributed by atoms with Crippen molar-refractivity contribution in [1.82, 2.24) is 10.2 Å². The summed E-state index contributed by atoms with van der Waals surface area (Å²) in [4.78, 5) is 59.9. The summed E-state index contributed by atoms with van der Waals surface area (Å²) in [6.45, 7) is 0. The molecule has 2 aliphatic heterocycles. The predicted octanol–water partition coefficient (Wildman–Crippen LogP) is 2.33. The minimum Gasteiger partial charge on any atom is -0.477 e. The van der Waals surface area contributed by atoms with Crippen LogP contribution in [0.3, 0.4) is 0 Å². The molecule has 39 heavy (non-hydrogen) atoms. The van der Waals surface area contributed by atoms with E-state index in [9.17, 15) is 37.5 Å². The Labute approximate surface area is 223 Å². The first-order valence-corrected chi connectivity index (χ1v) is 12.3.